The number of aryl methyl sites for hydroxylation is 1. The summed E-state index contributed by atoms with van der Waals surface area (Å²) in [4.78, 5) is 29.0. The van der Waals surface area contributed by atoms with Crippen LogP contribution in [-0.4, -0.2) is 28.1 Å². The largest absolute Gasteiger partial charge is 0.489 e. The molecule has 0 saturated carbocycles. The molecule has 0 fully saturated rings. The molecule has 2 heterocycles. The van der Waals surface area contributed by atoms with Crippen molar-refractivity contribution in [3.8, 4) is 5.75 Å². The summed E-state index contributed by atoms with van der Waals surface area (Å²) in [6.07, 6.45) is 1.36. The van der Waals surface area contributed by atoms with E-state index in [2.05, 4.69) is 20.8 Å². The van der Waals surface area contributed by atoms with Gasteiger partial charge in [-0.05, 0) is 45.0 Å². The van der Waals surface area contributed by atoms with Crippen LogP contribution in [0.2, 0.25) is 0 Å². The van der Waals surface area contributed by atoms with Gasteiger partial charge in [-0.3, -0.25) is 14.6 Å². The van der Waals surface area contributed by atoms with Crippen molar-refractivity contribution in [1.82, 2.24) is 10.1 Å². The Hall–Kier alpha value is -3.68. The van der Waals surface area contributed by atoms with Gasteiger partial charge in [0.1, 0.15) is 17.2 Å². The molecule has 2 aromatic heterocycles. The lowest BCUT2D eigenvalue weighted by Gasteiger charge is -2.14. The minimum absolute atomic E-state index is 0.0329. The Balaban J connectivity index is 1.75. The summed E-state index contributed by atoms with van der Waals surface area (Å²) in [5.41, 5.74) is 0.915. The summed E-state index contributed by atoms with van der Waals surface area (Å²) in [6, 6.07) is 11.7. The summed E-state index contributed by atoms with van der Waals surface area (Å²) in [6.45, 7) is 5.53. The molecule has 3 aromatic rings. The standard InChI is InChI=1S/C20H20N4O4/c1-12(2)27-17-7-5-4-6-15(17)22-19(25)14-8-9-21-16(11-14)20(26)23-18-10-13(3)28-24-18/h4-12H,1-3H3,(H,22,25)(H,23,24,26). The van der Waals surface area contributed by atoms with Crippen LogP contribution in [0.1, 0.15) is 40.5 Å². The maximum Gasteiger partial charge on any atom is 0.275 e. The predicted octanol–water partition coefficient (Wildman–Crippen LogP) is 3.67. The average molecular weight is 380 g/mol. The fourth-order valence-electron chi connectivity index (χ4n) is 2.42. The number of nitrogens with zero attached hydrogens (tertiary/aromatic N) is 2. The van der Waals surface area contributed by atoms with Crippen LogP contribution in [0.15, 0.2) is 53.2 Å². The van der Waals surface area contributed by atoms with Gasteiger partial charge in [0, 0.05) is 17.8 Å². The molecule has 0 radical (unpaired) electrons. The highest BCUT2D eigenvalue weighted by molar-refractivity contribution is 6.08. The molecule has 0 aliphatic heterocycles. The Morgan fingerprint density at radius 1 is 1.07 bits per heavy atom. The van der Waals surface area contributed by atoms with Crippen molar-refractivity contribution < 1.29 is 18.8 Å². The number of pyridine rings is 1. The highest BCUT2D eigenvalue weighted by Gasteiger charge is 2.15. The van der Waals surface area contributed by atoms with Crippen molar-refractivity contribution in [3.05, 3.63) is 65.7 Å². The number of para-hydroxylation sites is 2. The van der Waals surface area contributed by atoms with E-state index in [0.29, 0.717) is 17.2 Å². The Morgan fingerprint density at radius 2 is 1.86 bits per heavy atom. The quantitative estimate of drug-likeness (QED) is 0.676. The molecule has 8 nitrogen and oxygen atoms in total. The molecular formula is C20H20N4O4. The van der Waals surface area contributed by atoms with Crippen LogP contribution < -0.4 is 15.4 Å². The summed E-state index contributed by atoms with van der Waals surface area (Å²) in [5.74, 6) is 0.539. The third kappa shape index (κ3) is 4.73. The normalized spacial score (nSPS) is 10.6. The van der Waals surface area contributed by atoms with Gasteiger partial charge in [0.2, 0.25) is 0 Å². The Bertz CT molecular complexity index is 997. The maximum atomic E-state index is 12.6. The Labute approximate surface area is 161 Å². The van der Waals surface area contributed by atoms with Crippen LogP contribution in [-0.2, 0) is 0 Å². The lowest BCUT2D eigenvalue weighted by atomic mass is 10.2. The van der Waals surface area contributed by atoms with Gasteiger partial charge >= 0.3 is 0 Å². The van der Waals surface area contributed by atoms with Crippen LogP contribution in [0.25, 0.3) is 0 Å². The van der Waals surface area contributed by atoms with Gasteiger partial charge < -0.3 is 19.9 Å². The number of anilines is 2. The molecule has 0 saturated heterocycles. The maximum absolute atomic E-state index is 12.6. The number of rotatable bonds is 6. The number of amides is 2. The second-order valence-corrected chi connectivity index (χ2v) is 6.32. The monoisotopic (exact) mass is 380 g/mol. The van der Waals surface area contributed by atoms with E-state index < -0.39 is 5.91 Å². The lowest BCUT2D eigenvalue weighted by molar-refractivity contribution is 0.102. The fourth-order valence-corrected chi connectivity index (χ4v) is 2.42. The van der Waals surface area contributed by atoms with E-state index in [1.165, 1.54) is 18.3 Å². The highest BCUT2D eigenvalue weighted by Crippen LogP contribution is 2.25. The summed E-state index contributed by atoms with van der Waals surface area (Å²) in [5, 5.41) is 9.07. The van der Waals surface area contributed by atoms with Crippen molar-refractivity contribution >= 4 is 23.3 Å². The number of hydrogen-bond acceptors (Lipinski definition) is 6. The molecule has 0 atom stereocenters. The third-order valence-electron chi connectivity index (χ3n) is 3.62. The smallest absolute Gasteiger partial charge is 0.275 e. The number of aromatic nitrogens is 2. The first-order valence-corrected chi connectivity index (χ1v) is 8.70. The first-order valence-electron chi connectivity index (χ1n) is 8.70. The van der Waals surface area contributed by atoms with Gasteiger partial charge in [-0.1, -0.05) is 17.3 Å². The molecule has 28 heavy (non-hydrogen) atoms. The van der Waals surface area contributed by atoms with Crippen LogP contribution in [0, 0.1) is 6.92 Å². The van der Waals surface area contributed by atoms with Crippen LogP contribution in [0.5, 0.6) is 5.75 Å². The predicted molar refractivity (Wildman–Crippen MR) is 104 cm³/mol. The summed E-state index contributed by atoms with van der Waals surface area (Å²) < 4.78 is 10.6. The second-order valence-electron chi connectivity index (χ2n) is 6.32. The number of benzene rings is 1. The molecule has 2 N–H and O–H groups in total. The number of carbonyl (C=O) groups excluding carboxylic acids is 2. The van der Waals surface area contributed by atoms with E-state index in [1.807, 2.05) is 19.9 Å². The molecule has 2 amide bonds. The topological polar surface area (TPSA) is 106 Å². The zero-order valence-electron chi connectivity index (χ0n) is 15.7. The molecule has 144 valence electrons. The molecule has 0 aliphatic carbocycles. The first-order chi connectivity index (χ1) is 13.4. The van der Waals surface area contributed by atoms with Crippen molar-refractivity contribution in [1.29, 1.82) is 0 Å². The van der Waals surface area contributed by atoms with Crippen LogP contribution in [0.4, 0.5) is 11.5 Å². The molecule has 0 bridgehead atoms. The number of carbonyl (C=O) groups is 2. The van der Waals surface area contributed by atoms with Gasteiger partial charge in [-0.15, -0.1) is 0 Å². The molecule has 3 rings (SSSR count). The molecule has 0 unspecified atom stereocenters. The van der Waals surface area contributed by atoms with E-state index in [9.17, 15) is 9.59 Å². The molecule has 0 spiro atoms. The van der Waals surface area contributed by atoms with E-state index in [4.69, 9.17) is 9.26 Å². The van der Waals surface area contributed by atoms with Gasteiger partial charge in [-0.25, -0.2) is 0 Å². The Kier molecular flexibility index (Phi) is 5.69. The van der Waals surface area contributed by atoms with Crippen molar-refractivity contribution in [3.63, 3.8) is 0 Å². The van der Waals surface area contributed by atoms with Gasteiger partial charge in [0.15, 0.2) is 5.82 Å². The summed E-state index contributed by atoms with van der Waals surface area (Å²) >= 11 is 0. The molecular weight excluding hydrogens is 360 g/mol. The fraction of sp³-hybridized carbons (Fsp3) is 0.200. The van der Waals surface area contributed by atoms with Crippen LogP contribution in [0.3, 0.4) is 0 Å². The molecule has 0 aliphatic rings. The van der Waals surface area contributed by atoms with E-state index in [1.54, 1.807) is 31.2 Å². The summed E-state index contributed by atoms with van der Waals surface area (Å²) in [7, 11) is 0. The van der Waals surface area contributed by atoms with E-state index >= 15 is 0 Å². The van der Waals surface area contributed by atoms with Crippen LogP contribution >= 0.6 is 0 Å². The molecule has 8 heteroatoms. The average Bonchev–Trinajstić information content (AvgIpc) is 3.07. The van der Waals surface area contributed by atoms with E-state index in [-0.39, 0.29) is 29.1 Å². The number of hydrogen-bond donors (Lipinski definition) is 2. The number of nitrogens with one attached hydrogen (secondary N) is 2. The lowest BCUT2D eigenvalue weighted by Crippen LogP contribution is -2.17. The first kappa shape index (κ1) is 19.1. The van der Waals surface area contributed by atoms with E-state index in [0.717, 1.165) is 0 Å². The van der Waals surface area contributed by atoms with Gasteiger partial charge in [-0.2, -0.15) is 0 Å². The number of ether oxygens (including phenoxy) is 1. The van der Waals surface area contributed by atoms with Crippen molar-refractivity contribution in [2.24, 2.45) is 0 Å². The Morgan fingerprint density at radius 3 is 2.57 bits per heavy atom. The van der Waals surface area contributed by atoms with Crippen molar-refractivity contribution in [2.45, 2.75) is 26.9 Å². The highest BCUT2D eigenvalue weighted by atomic mass is 16.5. The molecule has 1 aromatic carbocycles. The zero-order chi connectivity index (χ0) is 20.1. The minimum atomic E-state index is -0.494. The SMILES string of the molecule is Cc1cc(NC(=O)c2cc(C(=O)Nc3ccccc3OC(C)C)ccn2)no1. The minimum Gasteiger partial charge on any atom is -0.489 e. The third-order valence-corrected chi connectivity index (χ3v) is 3.62. The van der Waals surface area contributed by atoms with Gasteiger partial charge in [0.25, 0.3) is 11.8 Å². The van der Waals surface area contributed by atoms with Crippen molar-refractivity contribution in [2.75, 3.05) is 10.6 Å². The second kappa shape index (κ2) is 8.34. The zero-order valence-corrected chi connectivity index (χ0v) is 15.7. The van der Waals surface area contributed by atoms with Gasteiger partial charge in [0.05, 0.1) is 11.8 Å².